The van der Waals surface area contributed by atoms with Crippen LogP contribution in [0.1, 0.15) is 30.9 Å². The minimum atomic E-state index is 0.714. The van der Waals surface area contributed by atoms with Gasteiger partial charge in [-0.2, -0.15) is 0 Å². The Balaban J connectivity index is 1.71. The Morgan fingerprint density at radius 3 is 3.11 bits per heavy atom. The van der Waals surface area contributed by atoms with Gasteiger partial charge in [0.25, 0.3) is 0 Å². The number of halogens is 1. The highest BCUT2D eigenvalue weighted by atomic mass is 35.5. The smallest absolute Gasteiger partial charge is 0.122 e. The quantitative estimate of drug-likeness (QED) is 0.582. The molecule has 1 heterocycles. The van der Waals surface area contributed by atoms with Gasteiger partial charge in [-0.25, -0.2) is 0 Å². The average Bonchev–Trinajstić information content (AvgIpc) is 2.89. The maximum atomic E-state index is 5.80. The normalized spacial score (nSPS) is 15.1. The molecular formula is C16H24ClNO. The van der Waals surface area contributed by atoms with Crippen molar-refractivity contribution in [3.63, 3.8) is 0 Å². The first kappa shape index (κ1) is 14.7. The van der Waals surface area contributed by atoms with Crippen molar-refractivity contribution in [3.05, 3.63) is 29.3 Å². The van der Waals surface area contributed by atoms with E-state index in [1.165, 1.54) is 17.5 Å². The van der Waals surface area contributed by atoms with E-state index < -0.39 is 0 Å². The van der Waals surface area contributed by atoms with Gasteiger partial charge >= 0.3 is 0 Å². The Labute approximate surface area is 121 Å². The monoisotopic (exact) mass is 281 g/mol. The van der Waals surface area contributed by atoms with Crippen molar-refractivity contribution >= 4 is 11.6 Å². The molecule has 0 saturated carbocycles. The first-order valence-corrected chi connectivity index (χ1v) is 7.88. The highest BCUT2D eigenvalue weighted by Crippen LogP contribution is 2.25. The van der Waals surface area contributed by atoms with Gasteiger partial charge in [-0.1, -0.05) is 25.5 Å². The second kappa shape index (κ2) is 7.76. The lowest BCUT2D eigenvalue weighted by atomic mass is 10.0. The Hall–Kier alpha value is -0.730. The highest BCUT2D eigenvalue weighted by Gasteiger charge is 2.11. The maximum absolute atomic E-state index is 5.80. The van der Waals surface area contributed by atoms with Gasteiger partial charge < -0.3 is 10.1 Å². The van der Waals surface area contributed by atoms with Gasteiger partial charge in [0.1, 0.15) is 5.75 Å². The molecule has 1 N–H and O–H groups in total. The molecule has 2 rings (SSSR count). The van der Waals surface area contributed by atoms with E-state index in [9.17, 15) is 0 Å². The van der Waals surface area contributed by atoms with Gasteiger partial charge in [0.15, 0.2) is 0 Å². The fraction of sp³-hybridized carbons (Fsp3) is 0.625. The lowest BCUT2D eigenvalue weighted by Gasteiger charge is -2.14. The number of rotatable bonds is 8. The lowest BCUT2D eigenvalue weighted by molar-refractivity contribution is 0.357. The van der Waals surface area contributed by atoms with Gasteiger partial charge in [-0.15, -0.1) is 11.6 Å². The van der Waals surface area contributed by atoms with Gasteiger partial charge in [-0.05, 0) is 49.0 Å². The van der Waals surface area contributed by atoms with Crippen LogP contribution in [0.15, 0.2) is 18.2 Å². The van der Waals surface area contributed by atoms with Gasteiger partial charge in [0.2, 0.25) is 0 Å². The molecule has 1 aliphatic heterocycles. The molecule has 19 heavy (non-hydrogen) atoms. The summed E-state index contributed by atoms with van der Waals surface area (Å²) in [6.45, 7) is 5.20. The predicted octanol–water partition coefficient (Wildman–Crippen LogP) is 3.41. The van der Waals surface area contributed by atoms with E-state index in [1.54, 1.807) is 0 Å². The van der Waals surface area contributed by atoms with Crippen molar-refractivity contribution < 1.29 is 4.74 Å². The Morgan fingerprint density at radius 1 is 1.42 bits per heavy atom. The summed E-state index contributed by atoms with van der Waals surface area (Å²) in [6.07, 6.45) is 4.46. The predicted molar refractivity (Wildman–Crippen MR) is 81.3 cm³/mol. The summed E-state index contributed by atoms with van der Waals surface area (Å²) in [5.74, 6) is 2.56. The molecule has 0 saturated heterocycles. The Kier molecular flexibility index (Phi) is 5.99. The topological polar surface area (TPSA) is 21.3 Å². The third-order valence-electron chi connectivity index (χ3n) is 3.87. The van der Waals surface area contributed by atoms with E-state index in [2.05, 4.69) is 30.4 Å². The van der Waals surface area contributed by atoms with E-state index in [1.807, 2.05) is 0 Å². The zero-order chi connectivity index (χ0) is 13.5. The van der Waals surface area contributed by atoms with Crippen LogP contribution in [0.3, 0.4) is 0 Å². The molecule has 0 aromatic heterocycles. The molecule has 1 atom stereocenters. The van der Waals surface area contributed by atoms with Crippen LogP contribution in [0, 0.1) is 5.92 Å². The summed E-state index contributed by atoms with van der Waals surface area (Å²) in [5.41, 5.74) is 2.77. The molecule has 2 nitrogen and oxygen atoms in total. The molecular weight excluding hydrogens is 258 g/mol. The Morgan fingerprint density at radius 2 is 2.32 bits per heavy atom. The van der Waals surface area contributed by atoms with Crippen LogP contribution >= 0.6 is 11.6 Å². The second-order valence-corrected chi connectivity index (χ2v) is 5.62. The van der Waals surface area contributed by atoms with Crippen molar-refractivity contribution in [2.45, 2.75) is 32.6 Å². The number of fused-ring (bicyclic) bond motifs is 1. The van der Waals surface area contributed by atoms with E-state index in [0.717, 1.165) is 50.6 Å². The van der Waals surface area contributed by atoms with E-state index in [-0.39, 0.29) is 0 Å². The molecule has 106 valence electrons. The fourth-order valence-corrected chi connectivity index (χ4v) is 2.85. The highest BCUT2D eigenvalue weighted by molar-refractivity contribution is 6.17. The van der Waals surface area contributed by atoms with E-state index in [0.29, 0.717) is 5.92 Å². The van der Waals surface area contributed by atoms with Crippen molar-refractivity contribution in [1.29, 1.82) is 0 Å². The molecule has 0 spiro atoms. The maximum Gasteiger partial charge on any atom is 0.122 e. The number of ether oxygens (including phenoxy) is 1. The van der Waals surface area contributed by atoms with Crippen LogP contribution in [0.2, 0.25) is 0 Å². The van der Waals surface area contributed by atoms with Crippen molar-refractivity contribution in [2.75, 3.05) is 25.6 Å². The van der Waals surface area contributed by atoms with Crippen LogP contribution in [-0.2, 0) is 12.8 Å². The third-order valence-corrected chi connectivity index (χ3v) is 4.09. The number of benzene rings is 1. The van der Waals surface area contributed by atoms with Crippen LogP contribution in [0.25, 0.3) is 0 Å². The average molecular weight is 282 g/mol. The second-order valence-electron chi connectivity index (χ2n) is 5.25. The molecule has 3 heteroatoms. The minimum absolute atomic E-state index is 0.714. The van der Waals surface area contributed by atoms with Crippen molar-refractivity contribution in [1.82, 2.24) is 5.32 Å². The molecule has 0 fully saturated rings. The zero-order valence-electron chi connectivity index (χ0n) is 11.8. The number of alkyl halides is 1. The Bertz CT molecular complexity index is 394. The first-order valence-electron chi connectivity index (χ1n) is 7.34. The minimum Gasteiger partial charge on any atom is -0.493 e. The summed E-state index contributed by atoms with van der Waals surface area (Å²) < 4.78 is 5.52. The summed E-state index contributed by atoms with van der Waals surface area (Å²) in [7, 11) is 0. The lowest BCUT2D eigenvalue weighted by Crippen LogP contribution is -2.25. The molecule has 1 aliphatic rings. The number of hydrogen-bond acceptors (Lipinski definition) is 2. The summed E-state index contributed by atoms with van der Waals surface area (Å²) in [5, 5.41) is 3.55. The molecule has 0 bridgehead atoms. The van der Waals surface area contributed by atoms with Crippen molar-refractivity contribution in [3.8, 4) is 5.75 Å². The van der Waals surface area contributed by atoms with E-state index in [4.69, 9.17) is 16.3 Å². The van der Waals surface area contributed by atoms with Crippen molar-refractivity contribution in [2.24, 2.45) is 5.92 Å². The zero-order valence-corrected chi connectivity index (χ0v) is 12.5. The number of nitrogens with one attached hydrogen (secondary N) is 1. The molecule has 0 radical (unpaired) electrons. The van der Waals surface area contributed by atoms with Crippen LogP contribution in [0.5, 0.6) is 5.75 Å². The standard InChI is InChI=1S/C16H24ClNO/c1-2-13(5-8-17)12-18-9-6-14-3-4-16-15(11-14)7-10-19-16/h3-4,11,13,18H,2,5-10,12H2,1H3. The van der Waals surface area contributed by atoms with Crippen LogP contribution < -0.4 is 10.1 Å². The summed E-state index contributed by atoms with van der Waals surface area (Å²) >= 11 is 5.80. The van der Waals surface area contributed by atoms with E-state index >= 15 is 0 Å². The van der Waals surface area contributed by atoms with Gasteiger partial charge in [0.05, 0.1) is 6.61 Å². The fourth-order valence-electron chi connectivity index (χ4n) is 2.54. The molecule has 1 unspecified atom stereocenters. The SMILES string of the molecule is CCC(CCCl)CNCCc1ccc2c(c1)CCO2. The molecule has 1 aromatic carbocycles. The first-order chi connectivity index (χ1) is 9.33. The van der Waals surface area contributed by atoms with Gasteiger partial charge in [0, 0.05) is 12.3 Å². The number of hydrogen-bond donors (Lipinski definition) is 1. The van der Waals surface area contributed by atoms with Gasteiger partial charge in [-0.3, -0.25) is 0 Å². The van der Waals surface area contributed by atoms with Crippen LogP contribution in [-0.4, -0.2) is 25.6 Å². The molecule has 0 amide bonds. The largest absolute Gasteiger partial charge is 0.493 e. The molecule has 0 aliphatic carbocycles. The third kappa shape index (κ3) is 4.39. The van der Waals surface area contributed by atoms with Crippen LogP contribution in [0.4, 0.5) is 0 Å². The molecule has 1 aromatic rings. The summed E-state index contributed by atoms with van der Waals surface area (Å²) in [6, 6.07) is 6.59. The summed E-state index contributed by atoms with van der Waals surface area (Å²) in [4.78, 5) is 0.